The summed E-state index contributed by atoms with van der Waals surface area (Å²) in [6, 6.07) is 9.80. The van der Waals surface area contributed by atoms with Crippen molar-refractivity contribution in [3.63, 3.8) is 0 Å². The van der Waals surface area contributed by atoms with Gasteiger partial charge in [0.25, 0.3) is 5.91 Å². The van der Waals surface area contributed by atoms with Crippen LogP contribution in [0.25, 0.3) is 0 Å². The molecule has 0 unspecified atom stereocenters. The molecule has 0 radical (unpaired) electrons. The van der Waals surface area contributed by atoms with Gasteiger partial charge in [-0.1, -0.05) is 18.2 Å². The van der Waals surface area contributed by atoms with Crippen LogP contribution in [0.15, 0.2) is 42.7 Å². The predicted octanol–water partition coefficient (Wildman–Crippen LogP) is 2.84. The zero-order valence-electron chi connectivity index (χ0n) is 14.5. The number of hydrogen-bond donors (Lipinski definition) is 1. The third kappa shape index (κ3) is 4.68. The SMILES string of the molecule is CCNc1ncc(C(=O)N2CCC[C@H](COc3ccccc3)C2)cn1. The molecule has 2 heterocycles. The predicted molar refractivity (Wildman–Crippen MR) is 96.8 cm³/mol. The van der Waals surface area contributed by atoms with Gasteiger partial charge in [-0.05, 0) is 31.9 Å². The number of ether oxygens (including phenoxy) is 1. The number of carbonyl (C=O) groups is 1. The molecule has 0 aliphatic carbocycles. The van der Waals surface area contributed by atoms with Gasteiger partial charge in [0.05, 0.1) is 12.2 Å². The topological polar surface area (TPSA) is 67.4 Å². The van der Waals surface area contributed by atoms with Crippen molar-refractivity contribution in [3.05, 3.63) is 48.3 Å². The number of para-hydroxylation sites is 1. The van der Waals surface area contributed by atoms with Crippen molar-refractivity contribution in [2.45, 2.75) is 19.8 Å². The summed E-state index contributed by atoms with van der Waals surface area (Å²) < 4.78 is 5.85. The third-order valence-corrected chi connectivity index (χ3v) is 4.27. The van der Waals surface area contributed by atoms with Crippen molar-refractivity contribution in [1.29, 1.82) is 0 Å². The van der Waals surface area contributed by atoms with Gasteiger partial charge < -0.3 is 15.0 Å². The van der Waals surface area contributed by atoms with Gasteiger partial charge in [-0.15, -0.1) is 0 Å². The van der Waals surface area contributed by atoms with Crippen LogP contribution in [0.4, 0.5) is 5.95 Å². The van der Waals surface area contributed by atoms with Crippen molar-refractivity contribution >= 4 is 11.9 Å². The molecule has 6 heteroatoms. The molecule has 1 fully saturated rings. The highest BCUT2D eigenvalue weighted by molar-refractivity contribution is 5.93. The summed E-state index contributed by atoms with van der Waals surface area (Å²) in [4.78, 5) is 22.9. The minimum Gasteiger partial charge on any atom is -0.493 e. The van der Waals surface area contributed by atoms with Gasteiger partial charge in [-0.25, -0.2) is 9.97 Å². The van der Waals surface area contributed by atoms with Crippen molar-refractivity contribution in [3.8, 4) is 5.75 Å². The first-order valence-corrected chi connectivity index (χ1v) is 8.79. The van der Waals surface area contributed by atoms with Crippen LogP contribution >= 0.6 is 0 Å². The molecule has 1 saturated heterocycles. The van der Waals surface area contributed by atoms with E-state index < -0.39 is 0 Å². The number of carbonyl (C=O) groups excluding carboxylic acids is 1. The minimum atomic E-state index is -0.00698. The lowest BCUT2D eigenvalue weighted by molar-refractivity contribution is 0.0632. The van der Waals surface area contributed by atoms with Gasteiger partial charge in [-0.2, -0.15) is 0 Å². The molecule has 1 aliphatic heterocycles. The van der Waals surface area contributed by atoms with Crippen molar-refractivity contribution in [2.75, 3.05) is 31.6 Å². The molecule has 1 aliphatic rings. The lowest BCUT2D eigenvalue weighted by Gasteiger charge is -2.32. The molecule has 6 nitrogen and oxygen atoms in total. The number of anilines is 1. The van der Waals surface area contributed by atoms with Gasteiger partial charge in [0.2, 0.25) is 5.95 Å². The molecule has 0 bridgehead atoms. The number of likely N-dealkylation sites (tertiary alicyclic amines) is 1. The van der Waals surface area contributed by atoms with Crippen LogP contribution in [-0.4, -0.2) is 47.0 Å². The summed E-state index contributed by atoms with van der Waals surface area (Å²) in [5.74, 6) is 1.76. The number of nitrogens with zero attached hydrogens (tertiary/aromatic N) is 3. The highest BCUT2D eigenvalue weighted by atomic mass is 16.5. The molecule has 2 aromatic rings. The molecule has 25 heavy (non-hydrogen) atoms. The summed E-state index contributed by atoms with van der Waals surface area (Å²) in [7, 11) is 0. The monoisotopic (exact) mass is 340 g/mol. The summed E-state index contributed by atoms with van der Waals surface area (Å²) in [6.45, 7) is 4.84. The number of piperidine rings is 1. The Bertz CT molecular complexity index is 676. The number of hydrogen-bond acceptors (Lipinski definition) is 5. The Morgan fingerprint density at radius 2 is 2.04 bits per heavy atom. The number of nitrogens with one attached hydrogen (secondary N) is 1. The second-order valence-electron chi connectivity index (χ2n) is 6.21. The molecule has 0 saturated carbocycles. The molecule has 0 spiro atoms. The number of rotatable bonds is 6. The van der Waals surface area contributed by atoms with Crippen molar-refractivity contribution < 1.29 is 9.53 Å². The number of amides is 1. The maximum Gasteiger partial charge on any atom is 0.257 e. The van der Waals surface area contributed by atoms with E-state index in [9.17, 15) is 4.79 Å². The van der Waals surface area contributed by atoms with Crippen LogP contribution in [0.5, 0.6) is 5.75 Å². The van der Waals surface area contributed by atoms with Gasteiger partial charge >= 0.3 is 0 Å². The summed E-state index contributed by atoms with van der Waals surface area (Å²) in [5, 5.41) is 3.03. The average Bonchev–Trinajstić information content (AvgIpc) is 2.68. The van der Waals surface area contributed by atoms with E-state index in [-0.39, 0.29) is 5.91 Å². The first-order valence-electron chi connectivity index (χ1n) is 8.79. The second kappa shape index (κ2) is 8.46. The highest BCUT2D eigenvalue weighted by Crippen LogP contribution is 2.20. The van der Waals surface area contributed by atoms with E-state index in [1.165, 1.54) is 0 Å². The Morgan fingerprint density at radius 1 is 1.28 bits per heavy atom. The number of aromatic nitrogens is 2. The Hall–Kier alpha value is -2.63. The fourth-order valence-electron chi connectivity index (χ4n) is 2.99. The Balaban J connectivity index is 1.55. The quantitative estimate of drug-likeness (QED) is 0.876. The van der Waals surface area contributed by atoms with E-state index in [1.807, 2.05) is 42.2 Å². The molecule has 1 aromatic heterocycles. The molecule has 1 amide bonds. The van der Waals surface area contributed by atoms with E-state index in [1.54, 1.807) is 12.4 Å². The van der Waals surface area contributed by atoms with Crippen LogP contribution in [0, 0.1) is 5.92 Å². The van der Waals surface area contributed by atoms with Crippen molar-refractivity contribution in [1.82, 2.24) is 14.9 Å². The zero-order valence-corrected chi connectivity index (χ0v) is 14.5. The maximum absolute atomic E-state index is 12.7. The summed E-state index contributed by atoms with van der Waals surface area (Å²) in [6.07, 6.45) is 5.26. The fourth-order valence-corrected chi connectivity index (χ4v) is 2.99. The van der Waals surface area contributed by atoms with Gasteiger partial charge in [0.1, 0.15) is 5.75 Å². The fraction of sp³-hybridized carbons (Fsp3) is 0.421. The van der Waals surface area contributed by atoms with E-state index in [4.69, 9.17) is 4.74 Å². The lowest BCUT2D eigenvalue weighted by Crippen LogP contribution is -2.41. The largest absolute Gasteiger partial charge is 0.493 e. The molecule has 1 aromatic carbocycles. The second-order valence-corrected chi connectivity index (χ2v) is 6.21. The van der Waals surface area contributed by atoms with Crippen LogP contribution in [0.1, 0.15) is 30.1 Å². The van der Waals surface area contributed by atoms with E-state index in [0.717, 1.165) is 31.7 Å². The molecule has 3 rings (SSSR count). The third-order valence-electron chi connectivity index (χ3n) is 4.27. The smallest absolute Gasteiger partial charge is 0.257 e. The van der Waals surface area contributed by atoms with Gasteiger partial charge in [0.15, 0.2) is 0 Å². The first kappa shape index (κ1) is 17.2. The van der Waals surface area contributed by atoms with Crippen LogP contribution < -0.4 is 10.1 Å². The average molecular weight is 340 g/mol. The summed E-state index contributed by atoms with van der Waals surface area (Å²) in [5.41, 5.74) is 0.534. The Labute approximate surface area is 148 Å². The van der Waals surface area contributed by atoms with Crippen LogP contribution in [0.2, 0.25) is 0 Å². The molecule has 1 N–H and O–H groups in total. The lowest BCUT2D eigenvalue weighted by atomic mass is 9.98. The highest BCUT2D eigenvalue weighted by Gasteiger charge is 2.25. The van der Waals surface area contributed by atoms with E-state index in [2.05, 4.69) is 15.3 Å². The van der Waals surface area contributed by atoms with Crippen molar-refractivity contribution in [2.24, 2.45) is 5.92 Å². The molecular weight excluding hydrogens is 316 g/mol. The molecular formula is C19H24N4O2. The normalized spacial score (nSPS) is 17.2. The maximum atomic E-state index is 12.7. The standard InChI is InChI=1S/C19H24N4O2/c1-2-20-19-21-11-16(12-22-19)18(24)23-10-6-7-15(13-23)14-25-17-8-4-3-5-9-17/h3-5,8-9,11-12,15H,2,6-7,10,13-14H2,1H3,(H,20,21,22)/t15-/m0/s1. The molecule has 132 valence electrons. The summed E-state index contributed by atoms with van der Waals surface area (Å²) >= 11 is 0. The first-order chi connectivity index (χ1) is 12.3. The van der Waals surface area contributed by atoms with Crippen LogP contribution in [-0.2, 0) is 0 Å². The van der Waals surface area contributed by atoms with Gasteiger partial charge in [-0.3, -0.25) is 4.79 Å². The Kier molecular flexibility index (Phi) is 5.82. The van der Waals surface area contributed by atoms with E-state index in [0.29, 0.717) is 30.6 Å². The van der Waals surface area contributed by atoms with E-state index >= 15 is 0 Å². The van der Waals surface area contributed by atoms with Crippen LogP contribution in [0.3, 0.4) is 0 Å². The molecule has 1 atom stereocenters. The Morgan fingerprint density at radius 3 is 2.76 bits per heavy atom. The minimum absolute atomic E-state index is 0.00698. The number of benzene rings is 1. The van der Waals surface area contributed by atoms with Gasteiger partial charge in [0, 0.05) is 37.9 Å². The zero-order chi connectivity index (χ0) is 17.5.